The highest BCUT2D eigenvalue weighted by molar-refractivity contribution is 6.30. The Labute approximate surface area is 149 Å². The highest BCUT2D eigenvalue weighted by Gasteiger charge is 1.90. The average Bonchev–Trinajstić information content (AvgIpc) is 2.72. The van der Waals surface area contributed by atoms with E-state index in [0.717, 1.165) is 12.4 Å². The highest BCUT2D eigenvalue weighted by atomic mass is 35.5. The smallest absolute Gasteiger partial charge is 0.234 e. The summed E-state index contributed by atoms with van der Waals surface area (Å²) in [6, 6.07) is -3.20. The molecule has 0 heterocycles. The number of guanidine groups is 1. The van der Waals surface area contributed by atoms with Gasteiger partial charge in [-0.3, -0.25) is 0 Å². The van der Waals surface area contributed by atoms with Gasteiger partial charge in [-0.25, -0.2) is 5.43 Å². The third-order valence-electron chi connectivity index (χ3n) is 1.95. The number of nitrogens with zero attached hydrogens (tertiary/aromatic N) is 3. The predicted molar refractivity (Wildman–Crippen MR) is 92.9 cm³/mol. The van der Waals surface area contributed by atoms with Gasteiger partial charge in [-0.2, -0.15) is 10.2 Å². The molecule has 0 atom stereocenters. The van der Waals surface area contributed by atoms with Crippen molar-refractivity contribution in [3.05, 3.63) is 69.5 Å². The molecule has 5 nitrogen and oxygen atoms in total. The molecule has 0 spiro atoms. The first-order chi connectivity index (χ1) is 14.0. The lowest BCUT2D eigenvalue weighted by molar-refractivity contribution is 0.994. The van der Waals surface area contributed by atoms with Crippen molar-refractivity contribution in [1.29, 1.82) is 0 Å². The van der Waals surface area contributed by atoms with Gasteiger partial charge in [0.25, 0.3) is 0 Å². The highest BCUT2D eigenvalue weighted by Crippen LogP contribution is 2.08. The molecule has 0 aliphatic carbocycles. The number of halogens is 2. The van der Waals surface area contributed by atoms with Crippen LogP contribution in [0.2, 0.25) is 10.0 Å². The molecule has 2 aromatic rings. The van der Waals surface area contributed by atoms with Crippen LogP contribution in [0.15, 0.2) is 63.6 Å². The Hall–Kier alpha value is -2.37. The van der Waals surface area contributed by atoms with Gasteiger partial charge in [-0.1, -0.05) is 47.4 Å². The van der Waals surface area contributed by atoms with E-state index in [9.17, 15) is 0 Å². The largest absolute Gasteiger partial charge is 0.367 e. The summed E-state index contributed by atoms with van der Waals surface area (Å²) in [7, 11) is 0. The minimum atomic E-state index is -0.415. The molecule has 0 radical (unpaired) electrons. The average molecular weight is 342 g/mol. The summed E-state index contributed by atoms with van der Waals surface area (Å²) in [6.45, 7) is 0. The van der Waals surface area contributed by atoms with E-state index in [0.29, 0.717) is 0 Å². The second-order valence-electron chi connectivity index (χ2n) is 3.56. The van der Waals surface area contributed by atoms with E-state index in [-0.39, 0.29) is 39.2 Å². The first-order valence-electron chi connectivity index (χ1n) is 9.66. The number of hydrazone groups is 1. The van der Waals surface area contributed by atoms with Crippen LogP contribution in [0.1, 0.15) is 22.1 Å². The van der Waals surface area contributed by atoms with Crippen LogP contribution in [-0.2, 0) is 0 Å². The lowest BCUT2D eigenvalue weighted by Crippen LogP contribution is -2.26. The van der Waals surface area contributed by atoms with Crippen LogP contribution >= 0.6 is 23.2 Å². The molecular weight excluding hydrogens is 321 g/mol. The zero-order chi connectivity index (χ0) is 22.7. The van der Waals surface area contributed by atoms with E-state index in [1.165, 1.54) is 0 Å². The molecule has 2 aromatic carbocycles. The summed E-state index contributed by atoms with van der Waals surface area (Å²) in [5.41, 5.74) is 7.55. The summed E-state index contributed by atoms with van der Waals surface area (Å²) < 4.78 is 61.8. The monoisotopic (exact) mass is 341 g/mol. The van der Waals surface area contributed by atoms with Gasteiger partial charge in [0.2, 0.25) is 5.96 Å². The van der Waals surface area contributed by atoms with Crippen LogP contribution in [0.5, 0.6) is 0 Å². The van der Waals surface area contributed by atoms with Crippen molar-refractivity contribution in [3.8, 4) is 0 Å². The molecule has 0 aromatic heterocycles. The number of hydrogen-bond donors (Lipinski definition) is 2. The van der Waals surface area contributed by atoms with Crippen molar-refractivity contribution in [1.82, 2.24) is 5.43 Å². The second kappa shape index (κ2) is 8.17. The Morgan fingerprint density at radius 2 is 1.45 bits per heavy atom. The quantitative estimate of drug-likeness (QED) is 0.508. The van der Waals surface area contributed by atoms with E-state index in [1.54, 1.807) is 0 Å². The standard InChI is InChI=1S/C15H13Cl2N5/c16-13-5-1-11(2-6-13)9-19-21-15(18)22-20-10-12-3-7-14(17)8-4-12/h1-10H,(H3,18,21,22)/i1D,2D,3D,4D,5D,6D,7D,8D. The van der Waals surface area contributed by atoms with Crippen molar-refractivity contribution < 1.29 is 11.0 Å². The van der Waals surface area contributed by atoms with Gasteiger partial charge in [-0.15, -0.1) is 5.10 Å². The summed E-state index contributed by atoms with van der Waals surface area (Å²) >= 11 is 11.4. The fraction of sp³-hybridized carbons (Fsp3) is 0. The van der Waals surface area contributed by atoms with Crippen LogP contribution in [0, 0.1) is 0 Å². The molecule has 0 aliphatic heterocycles. The maximum Gasteiger partial charge on any atom is 0.234 e. The van der Waals surface area contributed by atoms with Crippen LogP contribution in [0.25, 0.3) is 0 Å². The molecule has 2 rings (SSSR count). The minimum absolute atomic E-state index is 0.122. The van der Waals surface area contributed by atoms with Crippen LogP contribution in [0.3, 0.4) is 0 Å². The molecule has 0 saturated heterocycles. The van der Waals surface area contributed by atoms with Crippen molar-refractivity contribution in [2.75, 3.05) is 0 Å². The number of nitrogens with two attached hydrogens (primary N) is 1. The summed E-state index contributed by atoms with van der Waals surface area (Å²) in [5, 5.41) is 10.2. The van der Waals surface area contributed by atoms with Crippen molar-refractivity contribution in [2.24, 2.45) is 21.0 Å². The number of nitrogens with one attached hydrogen (secondary N) is 1. The van der Waals surface area contributed by atoms with Gasteiger partial charge >= 0.3 is 0 Å². The topological polar surface area (TPSA) is 75.1 Å². The molecule has 3 N–H and O–H groups in total. The Kier molecular flexibility index (Phi) is 3.09. The van der Waals surface area contributed by atoms with Crippen LogP contribution in [-0.4, -0.2) is 18.4 Å². The van der Waals surface area contributed by atoms with E-state index in [1.807, 2.05) is 0 Å². The SMILES string of the molecule is [2H]c1c([2H])c(C=NN=C(N)NN=Cc2c([2H])c([2H])c(Cl)c([2H])c2[2H])c([2H])c([2H])c1Cl. The van der Waals surface area contributed by atoms with Crippen molar-refractivity contribution in [3.63, 3.8) is 0 Å². The zero-order valence-electron chi connectivity index (χ0n) is 18.8. The Balaban J connectivity index is 2.21. The molecule has 0 saturated carbocycles. The fourth-order valence-corrected chi connectivity index (χ4v) is 1.27. The number of benzene rings is 2. The predicted octanol–water partition coefficient (Wildman–Crippen LogP) is 3.27. The number of hydrogen-bond acceptors (Lipinski definition) is 3. The summed E-state index contributed by atoms with van der Waals surface area (Å²) in [4.78, 5) is 0. The zero-order valence-corrected chi connectivity index (χ0v) is 12.3. The van der Waals surface area contributed by atoms with E-state index in [2.05, 4.69) is 20.7 Å². The molecule has 7 heteroatoms. The van der Waals surface area contributed by atoms with Gasteiger partial charge in [0.15, 0.2) is 0 Å². The van der Waals surface area contributed by atoms with Crippen LogP contribution < -0.4 is 11.2 Å². The molecule has 0 amide bonds. The van der Waals surface area contributed by atoms with E-state index in [4.69, 9.17) is 39.9 Å². The fourth-order valence-electron chi connectivity index (χ4n) is 1.08. The normalized spacial score (nSPS) is 17.3. The van der Waals surface area contributed by atoms with Gasteiger partial charge in [0.1, 0.15) is 0 Å². The molecule has 112 valence electrons. The minimum Gasteiger partial charge on any atom is -0.367 e. The maximum atomic E-state index is 7.80. The van der Waals surface area contributed by atoms with Gasteiger partial charge in [0, 0.05) is 10.0 Å². The summed E-state index contributed by atoms with van der Waals surface area (Å²) in [6.07, 6.45) is 1.97. The maximum absolute atomic E-state index is 7.80. The van der Waals surface area contributed by atoms with Gasteiger partial charge < -0.3 is 5.73 Å². The van der Waals surface area contributed by atoms with Gasteiger partial charge in [-0.05, 0) is 35.3 Å². The Bertz CT molecular complexity index is 1050. The molecule has 22 heavy (non-hydrogen) atoms. The Morgan fingerprint density at radius 1 is 0.955 bits per heavy atom. The van der Waals surface area contributed by atoms with E-state index >= 15 is 0 Å². The van der Waals surface area contributed by atoms with Gasteiger partial charge in [0.05, 0.1) is 23.4 Å². The molecule has 0 fully saturated rings. The van der Waals surface area contributed by atoms with E-state index < -0.39 is 36.3 Å². The first kappa shape index (κ1) is 8.31. The first-order valence-corrected chi connectivity index (χ1v) is 6.41. The summed E-state index contributed by atoms with van der Waals surface area (Å²) in [5.74, 6) is -0.337. The lowest BCUT2D eigenvalue weighted by Gasteiger charge is -1.96. The second-order valence-corrected chi connectivity index (χ2v) is 4.31. The third-order valence-corrected chi connectivity index (χ3v) is 2.33. The lowest BCUT2D eigenvalue weighted by atomic mass is 10.2. The van der Waals surface area contributed by atoms with Crippen molar-refractivity contribution in [2.45, 2.75) is 0 Å². The van der Waals surface area contributed by atoms with Crippen molar-refractivity contribution >= 4 is 41.6 Å². The Morgan fingerprint density at radius 3 is 2.00 bits per heavy atom. The molecule has 0 unspecified atom stereocenters. The molecule has 0 bridgehead atoms. The molecule has 0 aliphatic rings. The van der Waals surface area contributed by atoms with Crippen LogP contribution in [0.4, 0.5) is 0 Å². The molecular formula is C15H13Cl2N5. The third kappa shape index (κ3) is 5.55. The number of rotatable bonds is 4.